The van der Waals surface area contributed by atoms with Gasteiger partial charge in [-0.2, -0.15) is 26.3 Å². The zero-order valence-corrected chi connectivity index (χ0v) is 13.0. The van der Waals surface area contributed by atoms with Crippen molar-refractivity contribution in [1.29, 1.82) is 0 Å². The van der Waals surface area contributed by atoms with Gasteiger partial charge in [-0.15, -0.1) is 0 Å². The van der Waals surface area contributed by atoms with Crippen molar-refractivity contribution in [3.05, 3.63) is 59.2 Å². The first kappa shape index (κ1) is 19.9. The van der Waals surface area contributed by atoms with Crippen LogP contribution in [0.4, 0.5) is 40.8 Å². The second-order valence-corrected chi connectivity index (χ2v) is 6.63. The van der Waals surface area contributed by atoms with Gasteiger partial charge >= 0.3 is 12.4 Å². The number of hydrogen-bond donors (Lipinski definition) is 1. The van der Waals surface area contributed by atoms with Gasteiger partial charge in [0.2, 0.25) is 0 Å². The van der Waals surface area contributed by atoms with Crippen LogP contribution in [-0.2, 0) is 22.4 Å². The van der Waals surface area contributed by atoms with Crippen LogP contribution < -0.4 is 4.72 Å². The van der Waals surface area contributed by atoms with Crippen molar-refractivity contribution in [3.63, 3.8) is 0 Å². The lowest BCUT2D eigenvalue weighted by Crippen LogP contribution is -2.17. The molecule has 142 valence electrons. The zero-order chi connectivity index (χ0) is 19.9. The summed E-state index contributed by atoms with van der Waals surface area (Å²) in [6, 6.07) is 1.27. The number of alkyl halides is 6. The Kier molecular flexibility index (Phi) is 4.92. The number of hydrogen-bond acceptors (Lipinski definition) is 2. The second-order valence-electron chi connectivity index (χ2n) is 4.97. The third-order valence-corrected chi connectivity index (χ3v) is 4.44. The Morgan fingerprint density at radius 3 is 1.69 bits per heavy atom. The normalized spacial score (nSPS) is 12.9. The van der Waals surface area contributed by atoms with Gasteiger partial charge in [0, 0.05) is 6.07 Å². The highest BCUT2D eigenvalue weighted by molar-refractivity contribution is 7.92. The fourth-order valence-electron chi connectivity index (χ4n) is 1.92. The lowest BCUT2D eigenvalue weighted by molar-refractivity contribution is -0.143. The van der Waals surface area contributed by atoms with E-state index in [0.29, 0.717) is 12.1 Å². The minimum atomic E-state index is -5.19. The van der Waals surface area contributed by atoms with Gasteiger partial charge in [0.05, 0.1) is 16.8 Å². The van der Waals surface area contributed by atoms with Crippen molar-refractivity contribution in [1.82, 2.24) is 0 Å². The molecule has 0 aliphatic heterocycles. The number of anilines is 1. The Morgan fingerprint density at radius 1 is 0.769 bits per heavy atom. The predicted molar refractivity (Wildman–Crippen MR) is 73.6 cm³/mol. The van der Waals surface area contributed by atoms with E-state index in [1.807, 2.05) is 0 Å². The molecule has 0 aliphatic carbocycles. The first-order valence-corrected chi connectivity index (χ1v) is 7.96. The van der Waals surface area contributed by atoms with E-state index in [1.165, 1.54) is 4.72 Å². The van der Waals surface area contributed by atoms with Crippen molar-refractivity contribution in [2.24, 2.45) is 0 Å². The standard InChI is InChI=1S/C14H7F8NO2S/c15-9-1-2-12(11(16)6-9)26(24,25)23-10-4-7(13(17,18)19)3-8(5-10)14(20,21)22/h1-6,23H. The maximum atomic E-state index is 13.6. The maximum Gasteiger partial charge on any atom is 0.416 e. The van der Waals surface area contributed by atoms with Crippen LogP contribution >= 0.6 is 0 Å². The Bertz CT molecular complexity index is 903. The van der Waals surface area contributed by atoms with E-state index in [4.69, 9.17) is 0 Å². The van der Waals surface area contributed by atoms with Crippen molar-refractivity contribution in [2.75, 3.05) is 4.72 Å². The van der Waals surface area contributed by atoms with Crippen LogP contribution in [0.3, 0.4) is 0 Å². The summed E-state index contributed by atoms with van der Waals surface area (Å²) < 4.78 is 128. The third-order valence-electron chi connectivity index (χ3n) is 3.02. The van der Waals surface area contributed by atoms with Gasteiger partial charge in [-0.1, -0.05) is 0 Å². The average Bonchev–Trinajstić information content (AvgIpc) is 2.44. The van der Waals surface area contributed by atoms with Gasteiger partial charge in [-0.05, 0) is 30.3 Å². The molecule has 0 saturated carbocycles. The quantitative estimate of drug-likeness (QED) is 0.746. The monoisotopic (exact) mass is 405 g/mol. The van der Waals surface area contributed by atoms with Crippen molar-refractivity contribution in [3.8, 4) is 0 Å². The van der Waals surface area contributed by atoms with E-state index < -0.39 is 55.7 Å². The predicted octanol–water partition coefficient (Wildman–Crippen LogP) is 4.80. The van der Waals surface area contributed by atoms with Crippen LogP contribution in [0.1, 0.15) is 11.1 Å². The SMILES string of the molecule is O=S(=O)(Nc1cc(C(F)(F)F)cc(C(F)(F)F)c1)c1ccc(F)cc1F. The first-order chi connectivity index (χ1) is 11.7. The highest BCUT2D eigenvalue weighted by Gasteiger charge is 2.37. The zero-order valence-electron chi connectivity index (χ0n) is 12.2. The number of nitrogens with one attached hydrogen (secondary N) is 1. The third kappa shape index (κ3) is 4.42. The first-order valence-electron chi connectivity index (χ1n) is 6.47. The summed E-state index contributed by atoms with van der Waals surface area (Å²) in [4.78, 5) is -1.15. The summed E-state index contributed by atoms with van der Waals surface area (Å²) >= 11 is 0. The number of rotatable bonds is 3. The van der Waals surface area contributed by atoms with E-state index >= 15 is 0 Å². The van der Waals surface area contributed by atoms with Gasteiger partial charge in [0.15, 0.2) is 0 Å². The van der Waals surface area contributed by atoms with Crippen LogP contribution in [0.5, 0.6) is 0 Å². The molecule has 2 aromatic carbocycles. The fourth-order valence-corrected chi connectivity index (χ4v) is 3.02. The molecule has 0 unspecified atom stereocenters. The Morgan fingerprint density at radius 2 is 1.27 bits per heavy atom. The molecule has 2 rings (SSSR count). The van der Waals surface area contributed by atoms with Gasteiger partial charge in [-0.3, -0.25) is 4.72 Å². The minimum absolute atomic E-state index is 0.119. The highest BCUT2D eigenvalue weighted by Crippen LogP contribution is 2.38. The molecule has 0 saturated heterocycles. The molecular formula is C14H7F8NO2S. The molecule has 0 spiro atoms. The summed E-state index contributed by atoms with van der Waals surface area (Å²) in [6.45, 7) is 0. The molecule has 0 amide bonds. The average molecular weight is 405 g/mol. The van der Waals surface area contributed by atoms with E-state index in [0.717, 1.165) is 0 Å². The number of halogens is 8. The molecule has 2 aromatic rings. The van der Waals surface area contributed by atoms with Gasteiger partial charge in [0.25, 0.3) is 10.0 Å². The molecule has 0 bridgehead atoms. The maximum absolute atomic E-state index is 13.6. The van der Waals surface area contributed by atoms with Gasteiger partial charge in [-0.25, -0.2) is 17.2 Å². The molecule has 0 fully saturated rings. The molecule has 0 heterocycles. The van der Waals surface area contributed by atoms with Crippen molar-refractivity contribution < 1.29 is 43.5 Å². The van der Waals surface area contributed by atoms with Crippen LogP contribution in [0.15, 0.2) is 41.3 Å². The van der Waals surface area contributed by atoms with Gasteiger partial charge < -0.3 is 0 Å². The van der Waals surface area contributed by atoms with E-state index in [1.54, 1.807) is 0 Å². The Balaban J connectivity index is 2.54. The Hall–Kier alpha value is -2.37. The Labute approximate surface area is 141 Å². The highest BCUT2D eigenvalue weighted by atomic mass is 32.2. The summed E-state index contributed by atoms with van der Waals surface area (Å²) in [5, 5.41) is 0. The van der Waals surface area contributed by atoms with Crippen LogP contribution in [0.25, 0.3) is 0 Å². The van der Waals surface area contributed by atoms with Crippen LogP contribution in [0.2, 0.25) is 0 Å². The summed E-state index contributed by atoms with van der Waals surface area (Å²) in [6.07, 6.45) is -10.4. The van der Waals surface area contributed by atoms with Crippen LogP contribution in [0, 0.1) is 11.6 Å². The fraction of sp³-hybridized carbons (Fsp3) is 0.143. The molecule has 3 nitrogen and oxygen atoms in total. The molecule has 0 atom stereocenters. The molecule has 1 N–H and O–H groups in total. The molecular weight excluding hydrogens is 398 g/mol. The number of benzene rings is 2. The number of sulfonamides is 1. The van der Waals surface area contributed by atoms with E-state index in [9.17, 15) is 43.5 Å². The smallest absolute Gasteiger partial charge is 0.280 e. The summed E-state index contributed by atoms with van der Waals surface area (Å²) in [5.74, 6) is -2.69. The molecule has 0 radical (unpaired) electrons. The van der Waals surface area contributed by atoms with E-state index in [2.05, 4.69) is 0 Å². The lowest BCUT2D eigenvalue weighted by Gasteiger charge is -2.15. The molecule has 26 heavy (non-hydrogen) atoms. The second kappa shape index (κ2) is 6.41. The summed E-state index contributed by atoms with van der Waals surface area (Å²) in [5.41, 5.74) is -4.61. The van der Waals surface area contributed by atoms with Crippen LogP contribution in [-0.4, -0.2) is 8.42 Å². The van der Waals surface area contributed by atoms with E-state index in [-0.39, 0.29) is 24.3 Å². The summed E-state index contributed by atoms with van der Waals surface area (Å²) in [7, 11) is -4.91. The molecule has 0 aromatic heterocycles. The largest absolute Gasteiger partial charge is 0.416 e. The lowest BCUT2D eigenvalue weighted by atomic mass is 10.1. The molecule has 0 aliphatic rings. The minimum Gasteiger partial charge on any atom is -0.280 e. The van der Waals surface area contributed by atoms with Gasteiger partial charge in [0.1, 0.15) is 16.5 Å². The molecule has 12 heteroatoms. The van der Waals surface area contributed by atoms with Crippen molar-refractivity contribution >= 4 is 15.7 Å². The van der Waals surface area contributed by atoms with Crippen molar-refractivity contribution in [2.45, 2.75) is 17.2 Å². The topological polar surface area (TPSA) is 46.2 Å².